The SMILES string of the molecule is C1CCC1.CCCn1cc(-c2ccc(F)c(C)c2)nc1C1(O)CCN(c2ncnc(N)c2Cl)CC1. The molecule has 3 heterocycles. The van der Waals surface area contributed by atoms with Crippen molar-refractivity contribution in [1.82, 2.24) is 19.5 Å². The second-order valence-corrected chi connectivity index (χ2v) is 9.81. The van der Waals surface area contributed by atoms with Crippen molar-refractivity contribution in [3.63, 3.8) is 0 Å². The van der Waals surface area contributed by atoms with Gasteiger partial charge in [-0.15, -0.1) is 0 Å². The number of aliphatic hydroxyl groups is 1. The van der Waals surface area contributed by atoms with E-state index in [4.69, 9.17) is 22.3 Å². The molecule has 1 aliphatic carbocycles. The van der Waals surface area contributed by atoms with Crippen LogP contribution in [0.3, 0.4) is 0 Å². The average Bonchev–Trinajstić information content (AvgIpc) is 3.22. The second kappa shape index (κ2) is 10.9. The van der Waals surface area contributed by atoms with Gasteiger partial charge in [0.25, 0.3) is 0 Å². The van der Waals surface area contributed by atoms with E-state index in [2.05, 4.69) is 16.9 Å². The van der Waals surface area contributed by atoms with Crippen LogP contribution in [0, 0.1) is 12.7 Å². The van der Waals surface area contributed by atoms with Gasteiger partial charge in [-0.25, -0.2) is 19.3 Å². The first-order valence-corrected chi connectivity index (χ1v) is 12.8. The molecule has 2 aliphatic rings. The fourth-order valence-corrected chi connectivity index (χ4v) is 4.52. The van der Waals surface area contributed by atoms with E-state index in [1.54, 1.807) is 19.1 Å². The van der Waals surface area contributed by atoms with Gasteiger partial charge in [-0.1, -0.05) is 44.2 Å². The standard InChI is InChI=1S/C22H26ClFN6O.C4H8/c1-3-8-30-12-17(15-4-5-16(24)14(2)11-15)28-21(30)22(31)6-9-29(10-7-22)20-18(23)19(25)26-13-27-20;1-2-4-3-1/h4-5,11-13,31H,3,6-10H2,1-2H3,(H2,25,26,27);1-4H2. The van der Waals surface area contributed by atoms with Gasteiger partial charge in [0, 0.05) is 44.2 Å². The van der Waals surface area contributed by atoms with Crippen LogP contribution in [0.2, 0.25) is 5.02 Å². The topological polar surface area (TPSA) is 93.1 Å². The van der Waals surface area contributed by atoms with Crippen LogP contribution in [-0.4, -0.2) is 37.7 Å². The Bertz CT molecular complexity index is 1150. The molecule has 7 nitrogen and oxygen atoms in total. The lowest BCUT2D eigenvalue weighted by atomic mass is 9.90. The van der Waals surface area contributed by atoms with Gasteiger partial charge in [0.15, 0.2) is 5.82 Å². The van der Waals surface area contributed by atoms with E-state index in [1.165, 1.54) is 38.1 Å². The molecule has 2 fully saturated rings. The molecule has 0 spiro atoms. The van der Waals surface area contributed by atoms with E-state index < -0.39 is 5.60 Å². The Morgan fingerprint density at radius 2 is 1.83 bits per heavy atom. The molecule has 1 aliphatic heterocycles. The lowest BCUT2D eigenvalue weighted by molar-refractivity contribution is -0.000155. The number of aryl methyl sites for hydroxylation is 2. The van der Waals surface area contributed by atoms with E-state index in [9.17, 15) is 9.50 Å². The van der Waals surface area contributed by atoms with E-state index in [0.717, 1.165) is 24.2 Å². The summed E-state index contributed by atoms with van der Waals surface area (Å²) >= 11 is 6.28. The average molecular weight is 501 g/mol. The van der Waals surface area contributed by atoms with Crippen LogP contribution in [0.25, 0.3) is 11.3 Å². The molecule has 5 rings (SSSR count). The molecule has 1 aromatic carbocycles. The third kappa shape index (κ3) is 5.59. The lowest BCUT2D eigenvalue weighted by Crippen LogP contribution is -2.44. The van der Waals surface area contributed by atoms with Gasteiger partial charge in [-0.2, -0.15) is 0 Å². The summed E-state index contributed by atoms with van der Waals surface area (Å²) in [7, 11) is 0. The first kappa shape index (κ1) is 25.4. The fraction of sp³-hybridized carbons (Fsp3) is 0.500. The number of rotatable bonds is 5. The predicted octanol–water partition coefficient (Wildman–Crippen LogP) is 5.48. The summed E-state index contributed by atoms with van der Waals surface area (Å²) in [5.74, 6) is 1.21. The predicted molar refractivity (Wildman–Crippen MR) is 138 cm³/mol. The van der Waals surface area contributed by atoms with Gasteiger partial charge in [0.2, 0.25) is 0 Å². The van der Waals surface area contributed by atoms with Crippen molar-refractivity contribution < 1.29 is 9.50 Å². The highest BCUT2D eigenvalue weighted by Crippen LogP contribution is 2.37. The van der Waals surface area contributed by atoms with Gasteiger partial charge in [0.1, 0.15) is 34.4 Å². The maximum absolute atomic E-state index is 13.7. The highest BCUT2D eigenvalue weighted by molar-refractivity contribution is 6.35. The van der Waals surface area contributed by atoms with E-state index in [-0.39, 0.29) is 11.6 Å². The van der Waals surface area contributed by atoms with Crippen LogP contribution >= 0.6 is 11.6 Å². The summed E-state index contributed by atoms with van der Waals surface area (Å²) in [5.41, 5.74) is 6.86. The second-order valence-electron chi connectivity index (χ2n) is 9.44. The first-order chi connectivity index (χ1) is 16.8. The maximum Gasteiger partial charge on any atom is 0.153 e. The molecular formula is C26H34ClFN6O. The zero-order valence-electron chi connectivity index (χ0n) is 20.5. The fourth-order valence-electron chi connectivity index (χ4n) is 4.30. The number of nitrogens with zero attached hydrogens (tertiary/aromatic N) is 5. The molecule has 188 valence electrons. The minimum Gasteiger partial charge on any atom is -0.382 e. The minimum absolute atomic E-state index is 0.241. The summed E-state index contributed by atoms with van der Waals surface area (Å²) in [6.07, 6.45) is 11.2. The third-order valence-electron chi connectivity index (χ3n) is 6.80. The Kier molecular flexibility index (Phi) is 7.91. The normalized spacial score (nSPS) is 16.9. The summed E-state index contributed by atoms with van der Waals surface area (Å²) in [6, 6.07) is 4.96. The van der Waals surface area contributed by atoms with E-state index in [0.29, 0.717) is 48.2 Å². The van der Waals surface area contributed by atoms with Crippen molar-refractivity contribution in [2.24, 2.45) is 0 Å². The molecule has 0 bridgehead atoms. The first-order valence-electron chi connectivity index (χ1n) is 12.4. The van der Waals surface area contributed by atoms with Crippen LogP contribution in [-0.2, 0) is 12.1 Å². The number of piperidine rings is 1. The number of hydrogen-bond acceptors (Lipinski definition) is 6. The van der Waals surface area contributed by atoms with Crippen LogP contribution in [0.15, 0.2) is 30.7 Å². The molecule has 2 aromatic heterocycles. The molecule has 35 heavy (non-hydrogen) atoms. The number of hydrogen-bond donors (Lipinski definition) is 2. The van der Waals surface area contributed by atoms with Gasteiger partial charge < -0.3 is 20.3 Å². The summed E-state index contributed by atoms with van der Waals surface area (Å²) in [5, 5.41) is 11.9. The van der Waals surface area contributed by atoms with Crippen LogP contribution < -0.4 is 10.6 Å². The van der Waals surface area contributed by atoms with Gasteiger partial charge >= 0.3 is 0 Å². The molecule has 9 heteroatoms. The van der Waals surface area contributed by atoms with Crippen LogP contribution in [0.5, 0.6) is 0 Å². The monoisotopic (exact) mass is 500 g/mol. The van der Waals surface area contributed by atoms with Crippen molar-refractivity contribution in [3.05, 3.63) is 53.0 Å². The summed E-state index contributed by atoms with van der Waals surface area (Å²) in [4.78, 5) is 15.0. The molecule has 0 amide bonds. The van der Waals surface area contributed by atoms with Crippen molar-refractivity contribution in [2.45, 2.75) is 70.9 Å². The molecule has 0 atom stereocenters. The van der Waals surface area contributed by atoms with Crippen molar-refractivity contribution in [3.8, 4) is 11.3 Å². The number of aromatic nitrogens is 4. The Balaban J connectivity index is 0.000000656. The maximum atomic E-state index is 13.7. The Hall–Kier alpha value is -2.71. The minimum atomic E-state index is -1.08. The third-order valence-corrected chi connectivity index (χ3v) is 7.16. The lowest BCUT2D eigenvalue weighted by Gasteiger charge is -2.38. The van der Waals surface area contributed by atoms with E-state index >= 15 is 0 Å². The molecule has 0 radical (unpaired) electrons. The molecule has 1 saturated heterocycles. The zero-order valence-corrected chi connectivity index (χ0v) is 21.2. The Morgan fingerprint density at radius 3 is 2.43 bits per heavy atom. The highest BCUT2D eigenvalue weighted by Gasteiger charge is 2.39. The quantitative estimate of drug-likeness (QED) is 0.481. The molecule has 3 N–H and O–H groups in total. The molecule has 0 unspecified atom stereocenters. The number of benzene rings is 1. The van der Waals surface area contributed by atoms with E-state index in [1.807, 2.05) is 15.7 Å². The van der Waals surface area contributed by atoms with Crippen molar-refractivity contribution in [1.29, 1.82) is 0 Å². The Labute approximate surface area is 211 Å². The van der Waals surface area contributed by atoms with Crippen LogP contribution in [0.1, 0.15) is 63.3 Å². The zero-order chi connectivity index (χ0) is 25.0. The number of nitrogens with two attached hydrogens (primary N) is 1. The van der Waals surface area contributed by atoms with Gasteiger partial charge in [-0.05, 0) is 37.1 Å². The number of imidazole rings is 1. The van der Waals surface area contributed by atoms with Gasteiger partial charge in [0.05, 0.1) is 5.69 Å². The largest absolute Gasteiger partial charge is 0.382 e. The summed E-state index contributed by atoms with van der Waals surface area (Å²) < 4.78 is 15.7. The molecule has 3 aromatic rings. The van der Waals surface area contributed by atoms with Crippen molar-refractivity contribution >= 4 is 23.2 Å². The Morgan fingerprint density at radius 1 is 1.14 bits per heavy atom. The number of halogens is 2. The van der Waals surface area contributed by atoms with Crippen LogP contribution in [0.4, 0.5) is 16.0 Å². The van der Waals surface area contributed by atoms with Crippen molar-refractivity contribution in [2.75, 3.05) is 23.7 Å². The smallest absolute Gasteiger partial charge is 0.153 e. The molecular weight excluding hydrogens is 467 g/mol. The number of anilines is 2. The summed E-state index contributed by atoms with van der Waals surface area (Å²) in [6.45, 7) is 5.66. The highest BCUT2D eigenvalue weighted by atomic mass is 35.5. The molecule has 1 saturated carbocycles. The number of nitrogen functional groups attached to an aromatic ring is 1. The van der Waals surface area contributed by atoms with Gasteiger partial charge in [-0.3, -0.25) is 0 Å².